The molecule has 1 heterocycles. The standard InChI is InChI=1S/C24H25N3O3/c1-3-27(16(2)28)15-17-8-7-11-20(14-17)25-23(29)21-22(18-12-13-18)30-24(26-21)19-9-5-4-6-10-19/h4-11,14,18H,3,12-13,15H2,1-2H3,(H,25,29). The van der Waals surface area contributed by atoms with Gasteiger partial charge in [0.2, 0.25) is 11.8 Å². The summed E-state index contributed by atoms with van der Waals surface area (Å²) in [6.45, 7) is 4.65. The van der Waals surface area contributed by atoms with E-state index in [-0.39, 0.29) is 17.7 Å². The monoisotopic (exact) mass is 403 g/mol. The van der Waals surface area contributed by atoms with Crippen LogP contribution >= 0.6 is 0 Å². The summed E-state index contributed by atoms with van der Waals surface area (Å²) < 4.78 is 5.98. The fraction of sp³-hybridized carbons (Fsp3) is 0.292. The quantitative estimate of drug-likeness (QED) is 0.612. The number of amides is 2. The van der Waals surface area contributed by atoms with Gasteiger partial charge in [-0.05, 0) is 49.6 Å². The molecule has 1 aliphatic rings. The lowest BCUT2D eigenvalue weighted by Gasteiger charge is -2.19. The zero-order valence-electron chi connectivity index (χ0n) is 17.2. The van der Waals surface area contributed by atoms with Crippen molar-refractivity contribution in [3.05, 3.63) is 71.6 Å². The maximum atomic E-state index is 13.0. The summed E-state index contributed by atoms with van der Waals surface area (Å²) in [7, 11) is 0. The fourth-order valence-corrected chi connectivity index (χ4v) is 3.42. The highest BCUT2D eigenvalue weighted by Crippen LogP contribution is 2.43. The van der Waals surface area contributed by atoms with Crippen molar-refractivity contribution >= 4 is 17.5 Å². The smallest absolute Gasteiger partial charge is 0.277 e. The molecule has 1 N–H and O–H groups in total. The number of aromatic nitrogens is 1. The molecular weight excluding hydrogens is 378 g/mol. The number of rotatable bonds is 7. The number of nitrogens with one attached hydrogen (secondary N) is 1. The van der Waals surface area contributed by atoms with Gasteiger partial charge in [0.15, 0.2) is 5.69 Å². The van der Waals surface area contributed by atoms with Gasteiger partial charge in [0.25, 0.3) is 5.91 Å². The molecule has 1 saturated carbocycles. The van der Waals surface area contributed by atoms with Gasteiger partial charge in [-0.2, -0.15) is 0 Å². The van der Waals surface area contributed by atoms with Gasteiger partial charge in [0.1, 0.15) is 5.76 Å². The van der Waals surface area contributed by atoms with Crippen molar-refractivity contribution in [2.24, 2.45) is 0 Å². The Morgan fingerprint density at radius 1 is 1.13 bits per heavy atom. The molecule has 2 amide bonds. The SMILES string of the molecule is CCN(Cc1cccc(NC(=O)c2nc(-c3ccccc3)oc2C2CC2)c1)C(C)=O. The van der Waals surface area contributed by atoms with Crippen LogP contribution in [0.3, 0.4) is 0 Å². The summed E-state index contributed by atoms with van der Waals surface area (Å²) >= 11 is 0. The topological polar surface area (TPSA) is 75.4 Å². The number of carbonyl (C=O) groups is 2. The van der Waals surface area contributed by atoms with Crippen LogP contribution in [0.2, 0.25) is 0 Å². The largest absolute Gasteiger partial charge is 0.440 e. The van der Waals surface area contributed by atoms with E-state index in [0.717, 1.165) is 24.0 Å². The van der Waals surface area contributed by atoms with Crippen LogP contribution in [0.1, 0.15) is 54.4 Å². The average Bonchev–Trinajstić information content (AvgIpc) is 3.50. The van der Waals surface area contributed by atoms with E-state index in [9.17, 15) is 9.59 Å². The maximum absolute atomic E-state index is 13.0. The highest BCUT2D eigenvalue weighted by molar-refractivity contribution is 6.04. The molecule has 0 atom stereocenters. The molecular formula is C24H25N3O3. The van der Waals surface area contributed by atoms with Gasteiger partial charge in [-0.25, -0.2) is 4.98 Å². The Hall–Kier alpha value is -3.41. The Morgan fingerprint density at radius 2 is 1.90 bits per heavy atom. The number of anilines is 1. The van der Waals surface area contributed by atoms with E-state index in [1.165, 1.54) is 0 Å². The number of carbonyl (C=O) groups excluding carboxylic acids is 2. The van der Waals surface area contributed by atoms with Crippen molar-refractivity contribution < 1.29 is 14.0 Å². The van der Waals surface area contributed by atoms with Crippen LogP contribution in [-0.2, 0) is 11.3 Å². The van der Waals surface area contributed by atoms with Crippen molar-refractivity contribution in [2.45, 2.75) is 39.2 Å². The summed E-state index contributed by atoms with van der Waals surface area (Å²) in [6.07, 6.45) is 2.02. The van der Waals surface area contributed by atoms with Gasteiger partial charge in [-0.15, -0.1) is 0 Å². The van der Waals surface area contributed by atoms with Gasteiger partial charge < -0.3 is 14.6 Å². The van der Waals surface area contributed by atoms with Gasteiger partial charge in [0, 0.05) is 37.2 Å². The number of hydrogen-bond acceptors (Lipinski definition) is 4. The van der Waals surface area contributed by atoms with Crippen LogP contribution in [0.4, 0.5) is 5.69 Å². The Labute approximate surface area is 175 Å². The molecule has 0 spiro atoms. The van der Waals surface area contributed by atoms with Crippen molar-refractivity contribution in [3.8, 4) is 11.5 Å². The third-order valence-corrected chi connectivity index (χ3v) is 5.22. The lowest BCUT2D eigenvalue weighted by atomic mass is 10.1. The highest BCUT2D eigenvalue weighted by atomic mass is 16.4. The Morgan fingerprint density at radius 3 is 2.57 bits per heavy atom. The molecule has 1 aromatic heterocycles. The minimum Gasteiger partial charge on any atom is -0.440 e. The van der Waals surface area contributed by atoms with Crippen molar-refractivity contribution in [1.82, 2.24) is 9.88 Å². The Bertz CT molecular complexity index is 1050. The molecule has 0 bridgehead atoms. The minimum atomic E-state index is -0.279. The average molecular weight is 403 g/mol. The Kier molecular flexibility index (Phi) is 5.65. The van der Waals surface area contributed by atoms with Crippen LogP contribution in [0, 0.1) is 0 Å². The van der Waals surface area contributed by atoms with Crippen LogP contribution < -0.4 is 5.32 Å². The number of benzene rings is 2. The number of oxazole rings is 1. The molecule has 0 unspecified atom stereocenters. The van der Waals surface area contributed by atoms with Crippen LogP contribution in [0.15, 0.2) is 59.0 Å². The summed E-state index contributed by atoms with van der Waals surface area (Å²) in [5, 5.41) is 2.94. The van der Waals surface area contributed by atoms with Gasteiger partial charge >= 0.3 is 0 Å². The van der Waals surface area contributed by atoms with Gasteiger partial charge in [0.05, 0.1) is 0 Å². The molecule has 1 fully saturated rings. The molecule has 0 aliphatic heterocycles. The lowest BCUT2D eigenvalue weighted by molar-refractivity contribution is -0.129. The predicted octanol–water partition coefficient (Wildman–Crippen LogP) is 4.84. The molecule has 4 rings (SSSR count). The van der Waals surface area contributed by atoms with E-state index in [4.69, 9.17) is 4.42 Å². The van der Waals surface area contributed by atoms with Crippen molar-refractivity contribution in [1.29, 1.82) is 0 Å². The first-order valence-electron chi connectivity index (χ1n) is 10.3. The molecule has 6 nitrogen and oxygen atoms in total. The number of nitrogens with zero attached hydrogens (tertiary/aromatic N) is 2. The van der Waals surface area contributed by atoms with E-state index in [1.807, 2.05) is 61.5 Å². The molecule has 3 aromatic rings. The molecule has 6 heteroatoms. The van der Waals surface area contributed by atoms with E-state index in [0.29, 0.717) is 36.1 Å². The fourth-order valence-electron chi connectivity index (χ4n) is 3.42. The Balaban J connectivity index is 1.55. The first-order chi connectivity index (χ1) is 14.5. The van der Waals surface area contributed by atoms with Gasteiger partial charge in [-0.1, -0.05) is 30.3 Å². The summed E-state index contributed by atoms with van der Waals surface area (Å²) in [5.74, 6) is 1.14. The third-order valence-electron chi connectivity index (χ3n) is 5.22. The van der Waals surface area contributed by atoms with Gasteiger partial charge in [-0.3, -0.25) is 9.59 Å². The van der Waals surface area contributed by atoms with E-state index < -0.39 is 0 Å². The molecule has 0 saturated heterocycles. The highest BCUT2D eigenvalue weighted by Gasteiger charge is 2.34. The second kappa shape index (κ2) is 8.53. The minimum absolute atomic E-state index is 0.0250. The summed E-state index contributed by atoms with van der Waals surface area (Å²) in [6, 6.07) is 17.1. The van der Waals surface area contributed by atoms with Crippen LogP contribution in [0.5, 0.6) is 0 Å². The normalized spacial score (nSPS) is 13.1. The van der Waals surface area contributed by atoms with E-state index in [1.54, 1.807) is 11.8 Å². The zero-order chi connectivity index (χ0) is 21.1. The molecule has 154 valence electrons. The van der Waals surface area contributed by atoms with Crippen LogP contribution in [0.25, 0.3) is 11.5 Å². The van der Waals surface area contributed by atoms with Crippen LogP contribution in [-0.4, -0.2) is 28.2 Å². The summed E-state index contributed by atoms with van der Waals surface area (Å²) in [5.41, 5.74) is 2.82. The summed E-state index contributed by atoms with van der Waals surface area (Å²) in [4.78, 5) is 31.0. The zero-order valence-corrected chi connectivity index (χ0v) is 17.2. The predicted molar refractivity (Wildman–Crippen MR) is 115 cm³/mol. The first kappa shape index (κ1) is 19.9. The van der Waals surface area contributed by atoms with E-state index >= 15 is 0 Å². The second-order valence-electron chi connectivity index (χ2n) is 7.56. The molecule has 30 heavy (non-hydrogen) atoms. The number of hydrogen-bond donors (Lipinski definition) is 1. The maximum Gasteiger partial charge on any atom is 0.277 e. The van der Waals surface area contributed by atoms with Crippen molar-refractivity contribution in [2.75, 3.05) is 11.9 Å². The third kappa shape index (κ3) is 4.43. The van der Waals surface area contributed by atoms with Crippen molar-refractivity contribution in [3.63, 3.8) is 0 Å². The lowest BCUT2D eigenvalue weighted by Crippen LogP contribution is -2.27. The molecule has 1 aliphatic carbocycles. The molecule has 2 aromatic carbocycles. The first-order valence-corrected chi connectivity index (χ1v) is 10.3. The molecule has 0 radical (unpaired) electrons. The van der Waals surface area contributed by atoms with E-state index in [2.05, 4.69) is 10.3 Å². The second-order valence-corrected chi connectivity index (χ2v) is 7.56.